The Labute approximate surface area is 136 Å². The summed E-state index contributed by atoms with van der Waals surface area (Å²) >= 11 is 0. The highest BCUT2D eigenvalue weighted by atomic mass is 15.4. The van der Waals surface area contributed by atoms with Gasteiger partial charge in [-0.3, -0.25) is 9.80 Å². The predicted molar refractivity (Wildman–Crippen MR) is 88.1 cm³/mol. The number of hydrogen-bond donors (Lipinski definition) is 0. The molecule has 2 saturated heterocycles. The van der Waals surface area contributed by atoms with E-state index in [4.69, 9.17) is 0 Å². The molecule has 2 aliphatic heterocycles. The standard InChI is InChI=1S/C16H23N7/c1-20-9-14(19-13-20)10-21-11-15(12-21)22-5-7-23(8-6-22)16-17-3-2-4-18-16/h2-4,9,13,15H,5-8,10-12H2,1H3. The Morgan fingerprint density at radius 3 is 2.43 bits per heavy atom. The maximum Gasteiger partial charge on any atom is 0.225 e. The second-order valence-electron chi connectivity index (χ2n) is 6.45. The van der Waals surface area contributed by atoms with Crippen molar-refractivity contribution < 1.29 is 0 Å². The molecule has 7 nitrogen and oxygen atoms in total. The molecule has 0 N–H and O–H groups in total. The molecule has 2 fully saturated rings. The summed E-state index contributed by atoms with van der Waals surface area (Å²) in [5.41, 5.74) is 1.16. The summed E-state index contributed by atoms with van der Waals surface area (Å²) in [6.07, 6.45) is 7.61. The van der Waals surface area contributed by atoms with E-state index in [0.717, 1.165) is 57.5 Å². The SMILES string of the molecule is Cn1cnc(CN2CC(N3CCN(c4ncccn4)CC3)C2)c1. The fourth-order valence-electron chi connectivity index (χ4n) is 3.42. The van der Waals surface area contributed by atoms with Gasteiger partial charge in [-0.25, -0.2) is 15.0 Å². The van der Waals surface area contributed by atoms with Gasteiger partial charge < -0.3 is 9.47 Å². The lowest BCUT2D eigenvalue weighted by molar-refractivity contribution is 0.0248. The van der Waals surface area contributed by atoms with Crippen molar-refractivity contribution in [3.8, 4) is 0 Å². The highest BCUT2D eigenvalue weighted by molar-refractivity contribution is 5.29. The van der Waals surface area contributed by atoms with Crippen LogP contribution in [0.15, 0.2) is 31.0 Å². The van der Waals surface area contributed by atoms with Crippen LogP contribution >= 0.6 is 0 Å². The molecule has 2 aliphatic rings. The van der Waals surface area contributed by atoms with E-state index in [1.54, 1.807) is 0 Å². The van der Waals surface area contributed by atoms with Crippen LogP contribution < -0.4 is 4.90 Å². The Morgan fingerprint density at radius 1 is 1.04 bits per heavy atom. The molecule has 2 aromatic heterocycles. The van der Waals surface area contributed by atoms with Crippen LogP contribution in [-0.2, 0) is 13.6 Å². The minimum atomic E-state index is 0.692. The fraction of sp³-hybridized carbons (Fsp3) is 0.562. The number of imidazole rings is 1. The van der Waals surface area contributed by atoms with E-state index in [-0.39, 0.29) is 0 Å². The third-order valence-corrected chi connectivity index (χ3v) is 4.75. The van der Waals surface area contributed by atoms with Crippen molar-refractivity contribution in [2.24, 2.45) is 7.05 Å². The largest absolute Gasteiger partial charge is 0.340 e. The first-order chi connectivity index (χ1) is 11.3. The van der Waals surface area contributed by atoms with Crippen molar-refractivity contribution in [1.82, 2.24) is 29.3 Å². The van der Waals surface area contributed by atoms with E-state index in [2.05, 4.69) is 35.8 Å². The Balaban J connectivity index is 1.23. The van der Waals surface area contributed by atoms with Crippen LogP contribution in [0.2, 0.25) is 0 Å². The lowest BCUT2D eigenvalue weighted by atomic mass is 10.1. The summed E-state index contributed by atoms with van der Waals surface area (Å²) in [6, 6.07) is 2.56. The van der Waals surface area contributed by atoms with Crippen molar-refractivity contribution >= 4 is 5.95 Å². The van der Waals surface area contributed by atoms with Gasteiger partial charge in [0.15, 0.2) is 0 Å². The van der Waals surface area contributed by atoms with E-state index < -0.39 is 0 Å². The molecule has 122 valence electrons. The molecule has 0 aliphatic carbocycles. The van der Waals surface area contributed by atoms with Gasteiger partial charge in [0.25, 0.3) is 0 Å². The number of rotatable bonds is 4. The summed E-state index contributed by atoms with van der Waals surface area (Å²) in [6.45, 7) is 7.49. The molecule has 0 radical (unpaired) electrons. The second kappa shape index (κ2) is 6.25. The Hall–Kier alpha value is -1.99. The number of aromatic nitrogens is 4. The van der Waals surface area contributed by atoms with Crippen molar-refractivity contribution in [3.63, 3.8) is 0 Å². The third kappa shape index (κ3) is 3.20. The summed E-state index contributed by atoms with van der Waals surface area (Å²) < 4.78 is 2.01. The van der Waals surface area contributed by atoms with Crippen molar-refractivity contribution in [2.75, 3.05) is 44.2 Å². The number of likely N-dealkylation sites (tertiary alicyclic amines) is 1. The van der Waals surface area contributed by atoms with Gasteiger partial charge in [-0.05, 0) is 6.07 Å². The van der Waals surface area contributed by atoms with Crippen LogP contribution in [0.3, 0.4) is 0 Å². The van der Waals surface area contributed by atoms with Gasteiger partial charge >= 0.3 is 0 Å². The molecule has 2 aromatic rings. The molecule has 4 heterocycles. The van der Waals surface area contributed by atoms with E-state index in [1.165, 1.54) is 0 Å². The fourth-order valence-corrected chi connectivity index (χ4v) is 3.42. The molecule has 0 atom stereocenters. The zero-order valence-electron chi connectivity index (χ0n) is 13.5. The van der Waals surface area contributed by atoms with Crippen LogP contribution in [-0.4, -0.2) is 74.6 Å². The molecular formula is C16H23N7. The van der Waals surface area contributed by atoms with Gasteiger partial charge in [0.1, 0.15) is 0 Å². The van der Waals surface area contributed by atoms with Gasteiger partial charge in [0, 0.05) is 77.5 Å². The molecule has 0 aromatic carbocycles. The lowest BCUT2D eigenvalue weighted by Gasteiger charge is -2.48. The number of nitrogens with zero attached hydrogens (tertiary/aromatic N) is 7. The first kappa shape index (κ1) is 14.6. The maximum absolute atomic E-state index is 4.41. The highest BCUT2D eigenvalue weighted by Crippen LogP contribution is 2.20. The van der Waals surface area contributed by atoms with Crippen LogP contribution in [0.5, 0.6) is 0 Å². The smallest absolute Gasteiger partial charge is 0.225 e. The summed E-state index contributed by atoms with van der Waals surface area (Å²) in [5, 5.41) is 0. The minimum Gasteiger partial charge on any atom is -0.340 e. The quantitative estimate of drug-likeness (QED) is 0.805. The molecule has 0 unspecified atom stereocenters. The van der Waals surface area contributed by atoms with Crippen LogP contribution in [0.4, 0.5) is 5.95 Å². The molecule has 0 bridgehead atoms. The molecule has 0 spiro atoms. The summed E-state index contributed by atoms with van der Waals surface area (Å²) in [4.78, 5) is 20.5. The first-order valence-electron chi connectivity index (χ1n) is 8.23. The first-order valence-corrected chi connectivity index (χ1v) is 8.23. The molecule has 4 rings (SSSR count). The third-order valence-electron chi connectivity index (χ3n) is 4.75. The average Bonchev–Trinajstić information content (AvgIpc) is 2.97. The van der Waals surface area contributed by atoms with Gasteiger partial charge in [-0.15, -0.1) is 0 Å². The van der Waals surface area contributed by atoms with E-state index in [0.29, 0.717) is 6.04 Å². The van der Waals surface area contributed by atoms with Crippen molar-refractivity contribution in [1.29, 1.82) is 0 Å². The molecule has 0 amide bonds. The topological polar surface area (TPSA) is 53.3 Å². The van der Waals surface area contributed by atoms with Crippen LogP contribution in [0.25, 0.3) is 0 Å². The van der Waals surface area contributed by atoms with E-state index >= 15 is 0 Å². The maximum atomic E-state index is 4.41. The molecule has 7 heteroatoms. The number of aryl methyl sites for hydroxylation is 1. The Bertz CT molecular complexity index is 627. The van der Waals surface area contributed by atoms with Crippen LogP contribution in [0.1, 0.15) is 5.69 Å². The predicted octanol–water partition coefficient (Wildman–Crippen LogP) is 0.217. The van der Waals surface area contributed by atoms with Gasteiger partial charge in [0.05, 0.1) is 12.0 Å². The zero-order chi connectivity index (χ0) is 15.6. The molecule has 23 heavy (non-hydrogen) atoms. The summed E-state index contributed by atoms with van der Waals surface area (Å²) in [5.74, 6) is 0.859. The lowest BCUT2D eigenvalue weighted by Crippen LogP contribution is -2.62. The Morgan fingerprint density at radius 2 is 1.78 bits per heavy atom. The van der Waals surface area contributed by atoms with Gasteiger partial charge in [-0.2, -0.15) is 0 Å². The number of piperazine rings is 1. The van der Waals surface area contributed by atoms with Gasteiger partial charge in [-0.1, -0.05) is 0 Å². The minimum absolute atomic E-state index is 0.692. The van der Waals surface area contributed by atoms with Crippen molar-refractivity contribution in [3.05, 3.63) is 36.7 Å². The second-order valence-corrected chi connectivity index (χ2v) is 6.45. The van der Waals surface area contributed by atoms with Gasteiger partial charge in [0.2, 0.25) is 5.95 Å². The Kier molecular flexibility index (Phi) is 3.97. The average molecular weight is 313 g/mol. The van der Waals surface area contributed by atoms with Crippen LogP contribution in [0, 0.1) is 0 Å². The summed E-state index contributed by atoms with van der Waals surface area (Å²) in [7, 11) is 2.02. The van der Waals surface area contributed by atoms with Crippen molar-refractivity contribution in [2.45, 2.75) is 12.6 Å². The zero-order valence-corrected chi connectivity index (χ0v) is 13.5. The molecule has 0 saturated carbocycles. The molecular weight excluding hydrogens is 290 g/mol. The highest BCUT2D eigenvalue weighted by Gasteiger charge is 2.33. The monoisotopic (exact) mass is 313 g/mol. The normalized spacial score (nSPS) is 20.7. The number of anilines is 1. The van der Waals surface area contributed by atoms with E-state index in [1.807, 2.05) is 36.4 Å². The van der Waals surface area contributed by atoms with E-state index in [9.17, 15) is 0 Å². The number of hydrogen-bond acceptors (Lipinski definition) is 6.